The van der Waals surface area contributed by atoms with Crippen molar-refractivity contribution in [3.63, 3.8) is 0 Å². The number of anilines is 1. The third kappa shape index (κ3) is 2.78. The average molecular weight is 270 g/mol. The highest BCUT2D eigenvalue weighted by Gasteiger charge is 2.13. The molecule has 18 heavy (non-hydrogen) atoms. The van der Waals surface area contributed by atoms with Gasteiger partial charge in [0, 0.05) is 6.07 Å². The minimum absolute atomic E-state index is 0.0798. The predicted molar refractivity (Wildman–Crippen MR) is 61.4 cm³/mol. The molecular weight excluding hydrogens is 264 g/mol. The second kappa shape index (κ2) is 5.05. The number of hydrogen-bond donors (Lipinski definition) is 1. The minimum atomic E-state index is -0.956. The molecule has 1 N–H and O–H groups in total. The molecule has 92 valence electrons. The summed E-state index contributed by atoms with van der Waals surface area (Å²) in [6.45, 7) is 0. The Balaban J connectivity index is 2.22. The summed E-state index contributed by atoms with van der Waals surface area (Å²) < 4.78 is 26.0. The van der Waals surface area contributed by atoms with Crippen molar-refractivity contribution in [2.75, 3.05) is 5.32 Å². The van der Waals surface area contributed by atoms with Crippen LogP contribution < -0.4 is 5.32 Å². The fourth-order valence-corrected chi connectivity index (χ4v) is 1.41. The van der Waals surface area contributed by atoms with Gasteiger partial charge in [-0.2, -0.15) is 0 Å². The SMILES string of the molecule is O=C(Nc1cncc(Cl)n1)c1ccc(F)cc1F. The van der Waals surface area contributed by atoms with E-state index < -0.39 is 17.5 Å². The van der Waals surface area contributed by atoms with Gasteiger partial charge in [-0.15, -0.1) is 0 Å². The molecule has 0 saturated heterocycles. The molecule has 0 fully saturated rings. The van der Waals surface area contributed by atoms with E-state index in [1.807, 2.05) is 0 Å². The first-order chi connectivity index (χ1) is 8.56. The maximum absolute atomic E-state index is 13.3. The van der Waals surface area contributed by atoms with Gasteiger partial charge in [-0.1, -0.05) is 11.6 Å². The molecule has 0 unspecified atom stereocenters. The summed E-state index contributed by atoms with van der Waals surface area (Å²) in [6, 6.07) is 2.65. The van der Waals surface area contributed by atoms with E-state index in [1.54, 1.807) is 0 Å². The lowest BCUT2D eigenvalue weighted by atomic mass is 10.2. The van der Waals surface area contributed by atoms with Gasteiger partial charge in [-0.05, 0) is 12.1 Å². The van der Waals surface area contributed by atoms with E-state index in [0.29, 0.717) is 6.07 Å². The Kier molecular flexibility index (Phi) is 3.47. The largest absolute Gasteiger partial charge is 0.305 e. The molecule has 1 heterocycles. The summed E-state index contributed by atoms with van der Waals surface area (Å²) in [4.78, 5) is 19.1. The number of carbonyl (C=O) groups excluding carboxylic acids is 1. The lowest BCUT2D eigenvalue weighted by molar-refractivity contribution is 0.102. The summed E-state index contributed by atoms with van der Waals surface area (Å²) in [6.07, 6.45) is 2.54. The zero-order chi connectivity index (χ0) is 13.1. The van der Waals surface area contributed by atoms with Crippen LogP contribution in [0.25, 0.3) is 0 Å². The first kappa shape index (κ1) is 12.4. The molecule has 1 aromatic carbocycles. The molecule has 4 nitrogen and oxygen atoms in total. The van der Waals surface area contributed by atoms with Crippen LogP contribution in [0.5, 0.6) is 0 Å². The van der Waals surface area contributed by atoms with Gasteiger partial charge >= 0.3 is 0 Å². The van der Waals surface area contributed by atoms with Gasteiger partial charge in [0.15, 0.2) is 5.82 Å². The number of hydrogen-bond acceptors (Lipinski definition) is 3. The number of benzene rings is 1. The molecule has 2 aromatic rings. The zero-order valence-corrected chi connectivity index (χ0v) is 9.58. The molecule has 0 aliphatic rings. The first-order valence-corrected chi connectivity index (χ1v) is 5.18. The van der Waals surface area contributed by atoms with Crippen LogP contribution in [0.1, 0.15) is 10.4 Å². The van der Waals surface area contributed by atoms with Crippen molar-refractivity contribution < 1.29 is 13.6 Å². The van der Waals surface area contributed by atoms with E-state index in [-0.39, 0.29) is 16.5 Å². The second-order valence-electron chi connectivity index (χ2n) is 3.31. The van der Waals surface area contributed by atoms with Crippen LogP contribution in [0, 0.1) is 11.6 Å². The van der Waals surface area contributed by atoms with Crippen LogP contribution in [-0.2, 0) is 0 Å². The quantitative estimate of drug-likeness (QED) is 0.912. The summed E-state index contributed by atoms with van der Waals surface area (Å²) in [7, 11) is 0. The molecule has 0 aliphatic carbocycles. The Morgan fingerprint density at radius 3 is 2.72 bits per heavy atom. The summed E-state index contributed by atoms with van der Waals surface area (Å²) >= 11 is 5.58. The van der Waals surface area contributed by atoms with Crippen LogP contribution in [0.2, 0.25) is 5.15 Å². The second-order valence-corrected chi connectivity index (χ2v) is 3.69. The van der Waals surface area contributed by atoms with Crippen molar-refractivity contribution in [1.29, 1.82) is 0 Å². The number of aromatic nitrogens is 2. The van der Waals surface area contributed by atoms with Crippen LogP contribution >= 0.6 is 11.6 Å². The molecule has 0 atom stereocenters. The van der Waals surface area contributed by atoms with Crippen LogP contribution in [0.15, 0.2) is 30.6 Å². The van der Waals surface area contributed by atoms with Crippen molar-refractivity contribution in [2.24, 2.45) is 0 Å². The normalized spacial score (nSPS) is 10.2. The highest BCUT2D eigenvalue weighted by molar-refractivity contribution is 6.29. The molecule has 0 aliphatic heterocycles. The third-order valence-corrected chi connectivity index (χ3v) is 2.20. The van der Waals surface area contributed by atoms with Gasteiger partial charge in [0.1, 0.15) is 16.8 Å². The van der Waals surface area contributed by atoms with E-state index >= 15 is 0 Å². The highest BCUT2D eigenvalue weighted by atomic mass is 35.5. The van der Waals surface area contributed by atoms with E-state index in [9.17, 15) is 13.6 Å². The lowest BCUT2D eigenvalue weighted by Crippen LogP contribution is -2.15. The first-order valence-electron chi connectivity index (χ1n) is 4.80. The Bertz CT molecular complexity index is 607. The number of nitrogens with zero attached hydrogens (tertiary/aromatic N) is 2. The van der Waals surface area contributed by atoms with Gasteiger partial charge in [0.25, 0.3) is 5.91 Å². The average Bonchev–Trinajstić information content (AvgIpc) is 2.28. The predicted octanol–water partition coefficient (Wildman–Crippen LogP) is 2.66. The van der Waals surface area contributed by atoms with Gasteiger partial charge in [-0.25, -0.2) is 13.8 Å². The number of nitrogens with one attached hydrogen (secondary N) is 1. The number of halogens is 3. The van der Waals surface area contributed by atoms with Gasteiger partial charge in [0.05, 0.1) is 18.0 Å². The molecular formula is C11H6ClF2N3O. The standard InChI is InChI=1S/C11H6ClF2N3O/c12-9-4-15-5-10(16-9)17-11(18)7-2-1-6(13)3-8(7)14/h1-5H,(H,16,17,18). The van der Waals surface area contributed by atoms with Gasteiger partial charge < -0.3 is 5.32 Å². The molecule has 0 spiro atoms. The molecule has 7 heteroatoms. The molecule has 2 rings (SSSR count). The smallest absolute Gasteiger partial charge is 0.259 e. The Hall–Kier alpha value is -2.08. The van der Waals surface area contributed by atoms with Crippen LogP contribution in [0.3, 0.4) is 0 Å². The van der Waals surface area contributed by atoms with Crippen molar-refractivity contribution in [3.05, 3.63) is 52.9 Å². The van der Waals surface area contributed by atoms with E-state index in [2.05, 4.69) is 15.3 Å². The van der Waals surface area contributed by atoms with Crippen molar-refractivity contribution in [3.8, 4) is 0 Å². The monoisotopic (exact) mass is 269 g/mol. The number of rotatable bonds is 2. The highest BCUT2D eigenvalue weighted by Crippen LogP contribution is 2.12. The molecule has 0 radical (unpaired) electrons. The van der Waals surface area contributed by atoms with E-state index in [4.69, 9.17) is 11.6 Å². The van der Waals surface area contributed by atoms with Crippen LogP contribution in [-0.4, -0.2) is 15.9 Å². The fourth-order valence-electron chi connectivity index (χ4n) is 1.26. The molecule has 1 aromatic heterocycles. The maximum Gasteiger partial charge on any atom is 0.259 e. The van der Waals surface area contributed by atoms with Crippen LogP contribution in [0.4, 0.5) is 14.6 Å². The third-order valence-electron chi connectivity index (χ3n) is 2.02. The molecule has 1 amide bonds. The topological polar surface area (TPSA) is 54.9 Å². The van der Waals surface area contributed by atoms with Crippen molar-refractivity contribution >= 4 is 23.3 Å². The summed E-state index contributed by atoms with van der Waals surface area (Å²) in [5, 5.41) is 2.39. The van der Waals surface area contributed by atoms with E-state index in [0.717, 1.165) is 12.1 Å². The van der Waals surface area contributed by atoms with Crippen molar-refractivity contribution in [2.45, 2.75) is 0 Å². The van der Waals surface area contributed by atoms with Crippen molar-refractivity contribution in [1.82, 2.24) is 9.97 Å². The fraction of sp³-hybridized carbons (Fsp3) is 0. The number of carbonyl (C=O) groups is 1. The Morgan fingerprint density at radius 2 is 2.06 bits per heavy atom. The summed E-state index contributed by atoms with van der Waals surface area (Å²) in [5.74, 6) is -2.39. The molecule has 0 saturated carbocycles. The Morgan fingerprint density at radius 1 is 1.28 bits per heavy atom. The number of amides is 1. The lowest BCUT2D eigenvalue weighted by Gasteiger charge is -2.05. The van der Waals surface area contributed by atoms with E-state index in [1.165, 1.54) is 12.4 Å². The maximum atomic E-state index is 13.3. The summed E-state index contributed by atoms with van der Waals surface area (Å²) in [5.41, 5.74) is -0.293. The van der Waals surface area contributed by atoms with Gasteiger partial charge in [0.2, 0.25) is 0 Å². The zero-order valence-electron chi connectivity index (χ0n) is 8.82. The molecule has 0 bridgehead atoms. The van der Waals surface area contributed by atoms with Gasteiger partial charge in [-0.3, -0.25) is 9.78 Å². The Labute approximate surface area is 106 Å². The minimum Gasteiger partial charge on any atom is -0.305 e.